The fraction of sp³-hybridized carbons (Fsp3) is 0.647. The fourth-order valence-corrected chi connectivity index (χ4v) is 3.06. The lowest BCUT2D eigenvalue weighted by Gasteiger charge is -2.23. The van der Waals surface area contributed by atoms with Crippen LogP contribution in [0.5, 0.6) is 11.5 Å². The second-order valence-corrected chi connectivity index (χ2v) is 6.18. The minimum absolute atomic E-state index is 0.599. The van der Waals surface area contributed by atoms with E-state index in [0.29, 0.717) is 12.4 Å². The predicted octanol–water partition coefficient (Wildman–Crippen LogP) is 0.116. The molecule has 3 N–H and O–H groups in total. The number of benzene rings is 1. The molecule has 5 nitrogen and oxygen atoms in total. The Bertz CT molecular complexity index is 479. The van der Waals surface area contributed by atoms with Crippen LogP contribution in [0.15, 0.2) is 12.1 Å². The molecule has 0 radical (unpaired) electrons. The van der Waals surface area contributed by atoms with E-state index in [-0.39, 0.29) is 0 Å². The van der Waals surface area contributed by atoms with Gasteiger partial charge in [0.05, 0.1) is 45.0 Å². The van der Waals surface area contributed by atoms with Crippen LogP contribution in [-0.2, 0) is 11.3 Å². The summed E-state index contributed by atoms with van der Waals surface area (Å²) in [6.45, 7) is 9.83. The minimum Gasteiger partial charge on any atom is -0.493 e. The first-order valence-corrected chi connectivity index (χ1v) is 8.84. The van der Waals surface area contributed by atoms with Crippen molar-refractivity contribution in [3.8, 4) is 11.5 Å². The molecular formula is C17H29ClN2O3+2. The lowest BCUT2D eigenvalue weighted by atomic mass is 10.2. The van der Waals surface area contributed by atoms with Crippen molar-refractivity contribution in [3.05, 3.63) is 22.7 Å². The van der Waals surface area contributed by atoms with Crippen LogP contribution in [-0.4, -0.2) is 53.1 Å². The molecule has 6 heteroatoms. The molecule has 1 heterocycles. The monoisotopic (exact) mass is 344 g/mol. The Kier molecular flexibility index (Phi) is 7.95. The summed E-state index contributed by atoms with van der Waals surface area (Å²) in [5.74, 6) is 1.46. The van der Waals surface area contributed by atoms with Crippen LogP contribution >= 0.6 is 11.6 Å². The molecule has 0 bridgehead atoms. The average Bonchev–Trinajstić information content (AvgIpc) is 2.57. The average molecular weight is 345 g/mol. The first-order valence-electron chi connectivity index (χ1n) is 8.46. The van der Waals surface area contributed by atoms with Gasteiger partial charge in [-0.05, 0) is 13.0 Å². The molecule has 23 heavy (non-hydrogen) atoms. The first kappa shape index (κ1) is 18.3. The molecule has 0 atom stereocenters. The topological polar surface area (TPSA) is 48.7 Å². The molecular weight excluding hydrogens is 316 g/mol. The van der Waals surface area contributed by atoms with E-state index >= 15 is 0 Å². The summed E-state index contributed by atoms with van der Waals surface area (Å²) in [7, 11) is 1.66. The Morgan fingerprint density at radius 1 is 1.26 bits per heavy atom. The smallest absolute Gasteiger partial charge is 0.162 e. The molecule has 1 saturated heterocycles. The summed E-state index contributed by atoms with van der Waals surface area (Å²) in [6.07, 6.45) is 1.21. The van der Waals surface area contributed by atoms with Crippen molar-refractivity contribution in [2.45, 2.75) is 19.9 Å². The molecule has 1 aliphatic rings. The van der Waals surface area contributed by atoms with Gasteiger partial charge in [-0.25, -0.2) is 0 Å². The number of quaternary nitrogens is 2. The van der Waals surface area contributed by atoms with Crippen LogP contribution in [0.3, 0.4) is 0 Å². The molecule has 0 amide bonds. The zero-order valence-corrected chi connectivity index (χ0v) is 15.0. The van der Waals surface area contributed by atoms with E-state index in [1.165, 1.54) is 13.0 Å². The molecule has 1 fully saturated rings. The number of hydrogen-bond acceptors (Lipinski definition) is 3. The quantitative estimate of drug-likeness (QED) is 0.625. The van der Waals surface area contributed by atoms with Gasteiger partial charge in [0.15, 0.2) is 11.5 Å². The van der Waals surface area contributed by atoms with E-state index in [9.17, 15) is 0 Å². The number of hydrogen-bond donors (Lipinski definition) is 2. The molecule has 1 aliphatic heterocycles. The van der Waals surface area contributed by atoms with E-state index in [0.717, 1.165) is 55.7 Å². The summed E-state index contributed by atoms with van der Waals surface area (Å²) in [6, 6.07) is 3.84. The van der Waals surface area contributed by atoms with Crippen LogP contribution < -0.4 is 19.7 Å². The molecule has 0 aliphatic carbocycles. The summed E-state index contributed by atoms with van der Waals surface area (Å²) >= 11 is 6.36. The SMILES string of the molecule is CCOc1cc(Cl)c(C[NH2+]CCC[NH+]2CCOCC2)cc1OC. The van der Waals surface area contributed by atoms with E-state index in [2.05, 4.69) is 5.32 Å². The van der Waals surface area contributed by atoms with Crippen molar-refractivity contribution >= 4 is 11.6 Å². The number of ether oxygens (including phenoxy) is 3. The molecule has 1 aromatic rings. The molecule has 130 valence electrons. The van der Waals surface area contributed by atoms with Crippen molar-refractivity contribution in [2.24, 2.45) is 0 Å². The van der Waals surface area contributed by atoms with E-state index in [1.807, 2.05) is 19.1 Å². The van der Waals surface area contributed by atoms with E-state index in [1.54, 1.807) is 12.0 Å². The lowest BCUT2D eigenvalue weighted by molar-refractivity contribution is -0.909. The summed E-state index contributed by atoms with van der Waals surface area (Å²) in [4.78, 5) is 1.66. The number of nitrogens with two attached hydrogens (primary N) is 1. The van der Waals surface area contributed by atoms with Crippen molar-refractivity contribution in [3.63, 3.8) is 0 Å². The predicted molar refractivity (Wildman–Crippen MR) is 90.7 cm³/mol. The van der Waals surface area contributed by atoms with Gasteiger partial charge in [-0.1, -0.05) is 11.6 Å². The van der Waals surface area contributed by atoms with Crippen molar-refractivity contribution < 1.29 is 24.4 Å². The van der Waals surface area contributed by atoms with E-state index in [4.69, 9.17) is 25.8 Å². The summed E-state index contributed by atoms with van der Waals surface area (Å²) < 4.78 is 16.3. The van der Waals surface area contributed by atoms with Crippen LogP contribution in [0.4, 0.5) is 0 Å². The zero-order valence-electron chi connectivity index (χ0n) is 14.2. The maximum atomic E-state index is 6.36. The Hall–Kier alpha value is -1.01. The Balaban J connectivity index is 1.76. The Labute approximate surface area is 143 Å². The van der Waals surface area contributed by atoms with Gasteiger partial charge in [0, 0.05) is 18.1 Å². The van der Waals surface area contributed by atoms with Gasteiger partial charge in [-0.15, -0.1) is 0 Å². The van der Waals surface area contributed by atoms with Crippen molar-refractivity contribution in [2.75, 3.05) is 53.1 Å². The highest BCUT2D eigenvalue weighted by molar-refractivity contribution is 6.31. The molecule has 0 unspecified atom stereocenters. The highest BCUT2D eigenvalue weighted by Gasteiger charge is 2.14. The highest BCUT2D eigenvalue weighted by atomic mass is 35.5. The molecule has 0 aromatic heterocycles. The van der Waals surface area contributed by atoms with Gasteiger partial charge in [0.1, 0.15) is 19.6 Å². The second-order valence-electron chi connectivity index (χ2n) is 5.77. The number of rotatable bonds is 9. The third kappa shape index (κ3) is 5.84. The van der Waals surface area contributed by atoms with Gasteiger partial charge in [-0.3, -0.25) is 0 Å². The molecule has 2 rings (SSSR count). The lowest BCUT2D eigenvalue weighted by Crippen LogP contribution is -3.14. The van der Waals surface area contributed by atoms with Crippen molar-refractivity contribution in [1.29, 1.82) is 0 Å². The maximum absolute atomic E-state index is 6.36. The standard InChI is InChI=1S/C17H27ClN2O3/c1-3-23-17-12-15(18)14(11-16(17)21-2)13-19-5-4-6-20-7-9-22-10-8-20/h11-12,19H,3-10,13H2,1-2H3/p+2. The van der Waals surface area contributed by atoms with Crippen molar-refractivity contribution in [1.82, 2.24) is 0 Å². The maximum Gasteiger partial charge on any atom is 0.162 e. The van der Waals surface area contributed by atoms with E-state index < -0.39 is 0 Å². The number of nitrogens with one attached hydrogen (secondary N) is 1. The Morgan fingerprint density at radius 3 is 2.74 bits per heavy atom. The molecule has 0 spiro atoms. The Morgan fingerprint density at radius 2 is 2.04 bits per heavy atom. The first-order chi connectivity index (χ1) is 11.2. The third-order valence-corrected chi connectivity index (χ3v) is 4.49. The number of methoxy groups -OCH3 is 1. The van der Waals surface area contributed by atoms with Crippen LogP contribution in [0.25, 0.3) is 0 Å². The van der Waals surface area contributed by atoms with Crippen LogP contribution in [0.1, 0.15) is 18.9 Å². The summed E-state index contributed by atoms with van der Waals surface area (Å²) in [5, 5.41) is 3.05. The minimum atomic E-state index is 0.599. The van der Waals surface area contributed by atoms with Crippen LogP contribution in [0, 0.1) is 0 Å². The number of halogens is 1. The third-order valence-electron chi connectivity index (χ3n) is 4.14. The second kappa shape index (κ2) is 9.98. The fourth-order valence-electron chi connectivity index (χ4n) is 2.83. The van der Waals surface area contributed by atoms with Crippen LogP contribution in [0.2, 0.25) is 5.02 Å². The molecule has 1 aromatic carbocycles. The number of morpholine rings is 1. The van der Waals surface area contributed by atoms with Gasteiger partial charge in [0.25, 0.3) is 0 Å². The molecule has 0 saturated carbocycles. The zero-order chi connectivity index (χ0) is 16.5. The van der Waals surface area contributed by atoms with Gasteiger partial charge >= 0.3 is 0 Å². The van der Waals surface area contributed by atoms with Gasteiger partial charge in [0.2, 0.25) is 0 Å². The highest BCUT2D eigenvalue weighted by Crippen LogP contribution is 2.32. The normalized spacial score (nSPS) is 15.6. The van der Waals surface area contributed by atoms with Gasteiger partial charge < -0.3 is 24.4 Å². The largest absolute Gasteiger partial charge is 0.493 e. The van der Waals surface area contributed by atoms with Gasteiger partial charge in [-0.2, -0.15) is 0 Å². The summed E-state index contributed by atoms with van der Waals surface area (Å²) in [5.41, 5.74) is 1.09.